The van der Waals surface area contributed by atoms with Gasteiger partial charge in [0, 0.05) is 6.42 Å². The first-order valence-corrected chi connectivity index (χ1v) is 6.74. The molecule has 0 rings (SSSR count). The van der Waals surface area contributed by atoms with Crippen LogP contribution < -0.4 is 0 Å². The molecule has 2 nitrogen and oxygen atoms in total. The summed E-state index contributed by atoms with van der Waals surface area (Å²) in [4.78, 5) is 11.1. The Morgan fingerprint density at radius 3 is 1.44 bits per heavy atom. The normalized spacial score (nSPS) is 16.3. The van der Waals surface area contributed by atoms with E-state index in [1.54, 1.807) is 0 Å². The molecule has 0 aliphatic heterocycles. The molecule has 0 saturated heterocycles. The van der Waals surface area contributed by atoms with Crippen LogP contribution in [0.5, 0.6) is 0 Å². The number of halogens is 13. The van der Waals surface area contributed by atoms with Crippen molar-refractivity contribution in [2.24, 2.45) is 5.92 Å². The Hall–Kier alpha value is -1.44. The van der Waals surface area contributed by atoms with Gasteiger partial charge >= 0.3 is 41.8 Å². The highest BCUT2D eigenvalue weighted by Crippen LogP contribution is 2.60. The summed E-state index contributed by atoms with van der Waals surface area (Å²) < 4.78 is 171. The summed E-state index contributed by atoms with van der Waals surface area (Å²) in [5.74, 6) is -41.2. The van der Waals surface area contributed by atoms with Gasteiger partial charge in [0.05, 0.1) is 12.5 Å². The molecule has 0 aromatic rings. The van der Waals surface area contributed by atoms with Gasteiger partial charge in [-0.25, -0.2) is 0 Å². The average molecular weight is 434 g/mol. The molecule has 0 bridgehead atoms. The molecule has 0 fully saturated rings. The molecule has 27 heavy (non-hydrogen) atoms. The van der Waals surface area contributed by atoms with Crippen molar-refractivity contribution in [2.75, 3.05) is 6.61 Å². The second-order valence-electron chi connectivity index (χ2n) is 5.36. The lowest BCUT2D eigenvalue weighted by Gasteiger charge is -2.40. The van der Waals surface area contributed by atoms with E-state index in [0.717, 1.165) is 6.92 Å². The van der Waals surface area contributed by atoms with Crippen LogP contribution in [0.4, 0.5) is 57.1 Å². The third-order valence-corrected chi connectivity index (χ3v) is 3.25. The second-order valence-corrected chi connectivity index (χ2v) is 5.36. The van der Waals surface area contributed by atoms with Crippen molar-refractivity contribution in [3.63, 3.8) is 0 Å². The Kier molecular flexibility index (Phi) is 6.80. The van der Waals surface area contributed by atoms with E-state index in [1.165, 1.54) is 0 Å². The maximum Gasteiger partial charge on any atom is 0.460 e. The van der Waals surface area contributed by atoms with Crippen molar-refractivity contribution in [3.05, 3.63) is 0 Å². The molecule has 0 radical (unpaired) electrons. The zero-order chi connectivity index (χ0) is 22.3. The highest BCUT2D eigenvalue weighted by atomic mass is 19.4. The van der Waals surface area contributed by atoms with Crippen molar-refractivity contribution in [2.45, 2.75) is 56.1 Å². The summed E-state index contributed by atoms with van der Waals surface area (Å²) in [5, 5.41) is 0. The fourth-order valence-corrected chi connectivity index (χ4v) is 1.68. The fraction of sp³-hybridized carbons (Fsp3) is 0.917. The molecule has 0 heterocycles. The lowest BCUT2D eigenvalue weighted by atomic mass is 9.89. The summed E-state index contributed by atoms with van der Waals surface area (Å²) in [6.07, 6.45) is -10.0. The van der Waals surface area contributed by atoms with Gasteiger partial charge in [-0.1, -0.05) is 6.92 Å². The Balaban J connectivity index is 6.05. The average Bonchev–Trinajstić information content (AvgIpc) is 2.44. The number of hydrogen-bond acceptors (Lipinski definition) is 2. The third-order valence-electron chi connectivity index (χ3n) is 3.25. The van der Waals surface area contributed by atoms with Crippen LogP contribution in [-0.4, -0.2) is 48.4 Å². The van der Waals surface area contributed by atoms with Crippen LogP contribution in [0, 0.1) is 5.92 Å². The van der Waals surface area contributed by atoms with Crippen molar-refractivity contribution >= 4 is 5.97 Å². The molecule has 0 spiro atoms. The van der Waals surface area contributed by atoms with E-state index in [0.29, 0.717) is 6.92 Å². The van der Waals surface area contributed by atoms with Gasteiger partial charge in [-0.05, 0) is 6.92 Å². The molecule has 1 unspecified atom stereocenters. The summed E-state index contributed by atoms with van der Waals surface area (Å²) in [7, 11) is 0. The SMILES string of the molecule is CCOC(=O)C(C)CC(F)(F)C(F)(F)C(F)(F)C(F)(F)C(F)(F)C(F)(F)F. The predicted molar refractivity (Wildman–Crippen MR) is 61.2 cm³/mol. The highest BCUT2D eigenvalue weighted by molar-refractivity contribution is 5.72. The van der Waals surface area contributed by atoms with Gasteiger partial charge in [0.1, 0.15) is 0 Å². The van der Waals surface area contributed by atoms with Gasteiger partial charge in [0.15, 0.2) is 0 Å². The summed E-state index contributed by atoms with van der Waals surface area (Å²) in [5.41, 5.74) is 0. The third kappa shape index (κ3) is 4.05. The van der Waals surface area contributed by atoms with Crippen LogP contribution in [0.15, 0.2) is 0 Å². The lowest BCUT2D eigenvalue weighted by molar-refractivity contribution is -0.440. The van der Waals surface area contributed by atoms with E-state index in [4.69, 9.17) is 0 Å². The van der Waals surface area contributed by atoms with Crippen molar-refractivity contribution < 1.29 is 66.6 Å². The Morgan fingerprint density at radius 1 is 0.741 bits per heavy atom. The first-order valence-electron chi connectivity index (χ1n) is 6.74. The van der Waals surface area contributed by atoms with E-state index in [-0.39, 0.29) is 0 Å². The summed E-state index contributed by atoms with van der Waals surface area (Å²) in [6.45, 7) is 1.09. The minimum atomic E-state index is -7.95. The van der Waals surface area contributed by atoms with Gasteiger partial charge < -0.3 is 4.74 Å². The number of esters is 1. The number of carbonyl (C=O) groups excluding carboxylic acids is 1. The van der Waals surface area contributed by atoms with E-state index >= 15 is 0 Å². The number of ether oxygens (including phenoxy) is 1. The summed E-state index contributed by atoms with van der Waals surface area (Å²) >= 11 is 0. The van der Waals surface area contributed by atoms with Crippen LogP contribution in [0.2, 0.25) is 0 Å². The first-order chi connectivity index (χ1) is 11.6. The van der Waals surface area contributed by atoms with Crippen LogP contribution in [0.1, 0.15) is 20.3 Å². The van der Waals surface area contributed by atoms with Gasteiger partial charge in [-0.15, -0.1) is 0 Å². The Labute approximate surface area is 142 Å². The maximum atomic E-state index is 13.5. The van der Waals surface area contributed by atoms with E-state index in [1.807, 2.05) is 0 Å². The van der Waals surface area contributed by atoms with Crippen molar-refractivity contribution in [1.29, 1.82) is 0 Å². The van der Waals surface area contributed by atoms with E-state index in [2.05, 4.69) is 4.74 Å². The van der Waals surface area contributed by atoms with Crippen molar-refractivity contribution in [3.8, 4) is 0 Å². The molecule has 0 saturated carbocycles. The highest BCUT2D eigenvalue weighted by Gasteiger charge is 2.90. The Bertz CT molecular complexity index is 538. The standard InChI is InChI=1S/C12H11F13O2/c1-3-27-6(26)5(2)4-7(13,14)8(15,16)9(17,18)10(19,20)11(21,22)12(23,24)25/h5H,3-4H2,1-2H3. The largest absolute Gasteiger partial charge is 0.466 e. The van der Waals surface area contributed by atoms with Crippen LogP contribution in [0.3, 0.4) is 0 Å². The van der Waals surface area contributed by atoms with Crippen LogP contribution in [0.25, 0.3) is 0 Å². The van der Waals surface area contributed by atoms with E-state index < -0.39 is 60.7 Å². The number of rotatable bonds is 8. The van der Waals surface area contributed by atoms with E-state index in [9.17, 15) is 61.9 Å². The predicted octanol–water partition coefficient (Wildman–Crippen LogP) is 5.31. The minimum Gasteiger partial charge on any atom is -0.466 e. The number of alkyl halides is 13. The number of carbonyl (C=O) groups is 1. The smallest absolute Gasteiger partial charge is 0.460 e. The van der Waals surface area contributed by atoms with Gasteiger partial charge in [0.2, 0.25) is 0 Å². The summed E-state index contributed by atoms with van der Waals surface area (Å²) in [6, 6.07) is 0. The fourth-order valence-electron chi connectivity index (χ4n) is 1.68. The zero-order valence-corrected chi connectivity index (χ0v) is 13.2. The monoisotopic (exact) mass is 434 g/mol. The zero-order valence-electron chi connectivity index (χ0n) is 13.2. The van der Waals surface area contributed by atoms with Gasteiger partial charge in [-0.3, -0.25) is 4.79 Å². The molecule has 0 aliphatic carbocycles. The van der Waals surface area contributed by atoms with Crippen molar-refractivity contribution in [1.82, 2.24) is 0 Å². The molecule has 15 heteroatoms. The molecule has 0 aliphatic rings. The molecular formula is C12H11F13O2. The first kappa shape index (κ1) is 25.6. The molecule has 1 atom stereocenters. The molecular weight excluding hydrogens is 423 g/mol. The minimum absolute atomic E-state index is 0.433. The topological polar surface area (TPSA) is 26.3 Å². The quantitative estimate of drug-likeness (QED) is 0.382. The van der Waals surface area contributed by atoms with Gasteiger partial charge in [-0.2, -0.15) is 57.1 Å². The Morgan fingerprint density at radius 2 is 1.11 bits per heavy atom. The molecule has 0 amide bonds. The molecule has 0 N–H and O–H groups in total. The second kappa shape index (κ2) is 7.18. The van der Waals surface area contributed by atoms with Crippen LogP contribution in [-0.2, 0) is 9.53 Å². The van der Waals surface area contributed by atoms with Gasteiger partial charge in [0.25, 0.3) is 0 Å². The number of hydrogen-bond donors (Lipinski definition) is 0. The molecule has 162 valence electrons. The lowest BCUT2D eigenvalue weighted by Crippen LogP contribution is -2.70. The van der Waals surface area contributed by atoms with Crippen LogP contribution >= 0.6 is 0 Å². The maximum absolute atomic E-state index is 13.5. The molecule has 0 aromatic heterocycles. The molecule has 0 aromatic carbocycles.